The van der Waals surface area contributed by atoms with Crippen LogP contribution in [0, 0.1) is 13.8 Å². The van der Waals surface area contributed by atoms with Gasteiger partial charge in [0.2, 0.25) is 0 Å². The molecule has 0 saturated carbocycles. The van der Waals surface area contributed by atoms with E-state index in [4.69, 9.17) is 11.6 Å². The lowest BCUT2D eigenvalue weighted by Crippen LogP contribution is -2.36. The Balaban J connectivity index is 1.81. The summed E-state index contributed by atoms with van der Waals surface area (Å²) in [5, 5.41) is 0.688. The molecular weight excluding hydrogens is 454 g/mol. The van der Waals surface area contributed by atoms with Crippen molar-refractivity contribution in [3.05, 3.63) is 112 Å². The van der Waals surface area contributed by atoms with Gasteiger partial charge in [0.25, 0.3) is 5.91 Å². The molecule has 0 aliphatic carbocycles. The summed E-state index contributed by atoms with van der Waals surface area (Å²) in [7, 11) is 4.06. The average molecular weight is 486 g/mol. The summed E-state index contributed by atoms with van der Waals surface area (Å²) in [6.07, 6.45) is 0. The van der Waals surface area contributed by atoms with Crippen LogP contribution in [0.3, 0.4) is 0 Å². The topological polar surface area (TPSA) is 28.5 Å². The zero-order valence-corrected chi connectivity index (χ0v) is 21.6. The second kappa shape index (κ2) is 10.9. The number of rotatable bonds is 8. The van der Waals surface area contributed by atoms with Crippen LogP contribution in [0.5, 0.6) is 0 Å². The molecule has 180 valence electrons. The molecular formula is C30H32ClN3O. The largest absolute Gasteiger partial charge is 0.333 e. The highest BCUT2D eigenvalue weighted by molar-refractivity contribution is 6.30. The second-order valence-electron chi connectivity index (χ2n) is 9.17. The molecule has 0 unspecified atom stereocenters. The molecule has 4 rings (SSSR count). The van der Waals surface area contributed by atoms with E-state index in [1.54, 1.807) is 0 Å². The molecule has 0 N–H and O–H groups in total. The zero-order chi connectivity index (χ0) is 24.9. The highest BCUT2D eigenvalue weighted by atomic mass is 35.5. The van der Waals surface area contributed by atoms with Gasteiger partial charge in [0, 0.05) is 36.0 Å². The molecule has 35 heavy (non-hydrogen) atoms. The molecule has 0 bridgehead atoms. The number of carbonyl (C=O) groups excluding carboxylic acids is 1. The van der Waals surface area contributed by atoms with Crippen LogP contribution in [0.2, 0.25) is 5.02 Å². The van der Waals surface area contributed by atoms with E-state index >= 15 is 0 Å². The number of likely N-dealkylation sites (N-methyl/N-ethyl adjacent to an activating group) is 1. The number of para-hydroxylation sites is 1. The first-order valence-corrected chi connectivity index (χ1v) is 12.2. The normalized spacial score (nSPS) is 11.1. The summed E-state index contributed by atoms with van der Waals surface area (Å²) in [4.78, 5) is 18.1. The number of amides is 1. The Kier molecular flexibility index (Phi) is 7.74. The van der Waals surface area contributed by atoms with Crippen LogP contribution >= 0.6 is 11.6 Å². The minimum absolute atomic E-state index is 0.0377. The van der Waals surface area contributed by atoms with Crippen molar-refractivity contribution in [1.82, 2.24) is 14.4 Å². The van der Waals surface area contributed by atoms with E-state index in [-0.39, 0.29) is 5.91 Å². The number of nitrogens with zero attached hydrogens (tertiary/aromatic N) is 3. The standard InChI is InChI=1S/C30H32ClN3O/c1-22-10-8-9-13-28(22)34-23(2)27(20-29(34)25-14-16-26(31)17-15-25)30(35)33(19-18-32(3)4)21-24-11-6-5-7-12-24/h5-17,20H,18-19,21H2,1-4H3. The molecule has 0 radical (unpaired) electrons. The van der Waals surface area contributed by atoms with Crippen LogP contribution in [-0.2, 0) is 6.54 Å². The van der Waals surface area contributed by atoms with Crippen molar-refractivity contribution < 1.29 is 4.79 Å². The van der Waals surface area contributed by atoms with Gasteiger partial charge in [0.15, 0.2) is 0 Å². The van der Waals surface area contributed by atoms with Crippen molar-refractivity contribution >= 4 is 17.5 Å². The van der Waals surface area contributed by atoms with Crippen molar-refractivity contribution in [1.29, 1.82) is 0 Å². The van der Waals surface area contributed by atoms with E-state index in [2.05, 4.69) is 40.7 Å². The third-order valence-electron chi connectivity index (χ3n) is 6.29. The molecule has 0 aliphatic rings. The highest BCUT2D eigenvalue weighted by Crippen LogP contribution is 2.32. The zero-order valence-electron chi connectivity index (χ0n) is 20.8. The van der Waals surface area contributed by atoms with Gasteiger partial charge in [0.1, 0.15) is 0 Å². The van der Waals surface area contributed by atoms with Crippen LogP contribution in [0.15, 0.2) is 84.9 Å². The Labute approximate surface area is 213 Å². The SMILES string of the molecule is Cc1ccccc1-n1c(-c2ccc(Cl)cc2)cc(C(=O)N(CCN(C)C)Cc2ccccc2)c1C. The van der Waals surface area contributed by atoms with E-state index < -0.39 is 0 Å². The molecule has 3 aromatic carbocycles. The summed E-state index contributed by atoms with van der Waals surface area (Å²) in [5.41, 5.74) is 6.97. The molecule has 0 spiro atoms. The monoisotopic (exact) mass is 485 g/mol. The first kappa shape index (κ1) is 24.8. The quantitative estimate of drug-likeness (QED) is 0.280. The van der Waals surface area contributed by atoms with E-state index in [0.717, 1.165) is 40.3 Å². The van der Waals surface area contributed by atoms with Crippen molar-refractivity contribution in [2.24, 2.45) is 0 Å². The maximum absolute atomic E-state index is 14.0. The van der Waals surface area contributed by atoms with Gasteiger partial charge in [-0.15, -0.1) is 0 Å². The Morgan fingerprint density at radius 2 is 1.51 bits per heavy atom. The minimum atomic E-state index is 0.0377. The predicted molar refractivity (Wildman–Crippen MR) is 145 cm³/mol. The molecule has 1 aromatic heterocycles. The van der Waals surface area contributed by atoms with E-state index in [1.807, 2.05) is 86.6 Å². The molecule has 5 heteroatoms. The van der Waals surface area contributed by atoms with Crippen LogP contribution < -0.4 is 0 Å². The fourth-order valence-electron chi connectivity index (χ4n) is 4.33. The molecule has 4 nitrogen and oxygen atoms in total. The van der Waals surface area contributed by atoms with Gasteiger partial charge >= 0.3 is 0 Å². The van der Waals surface area contributed by atoms with Crippen LogP contribution in [0.1, 0.15) is 27.2 Å². The van der Waals surface area contributed by atoms with Crippen molar-refractivity contribution in [3.8, 4) is 16.9 Å². The number of hydrogen-bond donors (Lipinski definition) is 0. The lowest BCUT2D eigenvalue weighted by atomic mass is 10.1. The van der Waals surface area contributed by atoms with Gasteiger partial charge in [-0.25, -0.2) is 0 Å². The molecule has 0 atom stereocenters. The van der Waals surface area contributed by atoms with E-state index in [1.165, 1.54) is 0 Å². The van der Waals surface area contributed by atoms with Gasteiger partial charge in [-0.1, -0.05) is 72.3 Å². The molecule has 1 heterocycles. The van der Waals surface area contributed by atoms with E-state index in [0.29, 0.717) is 23.7 Å². The maximum atomic E-state index is 14.0. The summed E-state index contributed by atoms with van der Waals surface area (Å²) >= 11 is 6.18. The van der Waals surface area contributed by atoms with Crippen LogP contribution in [0.4, 0.5) is 0 Å². The van der Waals surface area contributed by atoms with Gasteiger partial charge < -0.3 is 14.4 Å². The van der Waals surface area contributed by atoms with E-state index in [9.17, 15) is 4.79 Å². The molecule has 0 fully saturated rings. The Morgan fingerprint density at radius 3 is 2.17 bits per heavy atom. The molecule has 4 aromatic rings. The molecule has 0 aliphatic heterocycles. The number of aryl methyl sites for hydroxylation is 1. The highest BCUT2D eigenvalue weighted by Gasteiger charge is 2.24. The number of benzene rings is 3. The number of hydrogen-bond acceptors (Lipinski definition) is 2. The number of halogens is 1. The maximum Gasteiger partial charge on any atom is 0.256 e. The summed E-state index contributed by atoms with van der Waals surface area (Å²) < 4.78 is 2.19. The lowest BCUT2D eigenvalue weighted by Gasteiger charge is -2.25. The minimum Gasteiger partial charge on any atom is -0.333 e. The fraction of sp³-hybridized carbons (Fsp3) is 0.233. The molecule has 0 saturated heterocycles. The molecule has 1 amide bonds. The first-order valence-electron chi connectivity index (χ1n) is 11.9. The third kappa shape index (κ3) is 5.67. The Hall–Kier alpha value is -3.34. The van der Waals surface area contributed by atoms with Gasteiger partial charge in [-0.2, -0.15) is 0 Å². The second-order valence-corrected chi connectivity index (χ2v) is 9.61. The van der Waals surface area contributed by atoms with Crippen LogP contribution in [-0.4, -0.2) is 47.5 Å². The number of aromatic nitrogens is 1. The van der Waals surface area contributed by atoms with Gasteiger partial charge in [0.05, 0.1) is 11.3 Å². The third-order valence-corrected chi connectivity index (χ3v) is 6.55. The van der Waals surface area contributed by atoms with Crippen molar-refractivity contribution in [3.63, 3.8) is 0 Å². The lowest BCUT2D eigenvalue weighted by molar-refractivity contribution is 0.0731. The van der Waals surface area contributed by atoms with Gasteiger partial charge in [-0.3, -0.25) is 4.79 Å². The fourth-order valence-corrected chi connectivity index (χ4v) is 4.45. The van der Waals surface area contributed by atoms with Gasteiger partial charge in [-0.05, 0) is 68.9 Å². The first-order chi connectivity index (χ1) is 16.8. The summed E-state index contributed by atoms with van der Waals surface area (Å²) in [5.74, 6) is 0.0377. The summed E-state index contributed by atoms with van der Waals surface area (Å²) in [6.45, 7) is 6.14. The Morgan fingerprint density at radius 1 is 0.857 bits per heavy atom. The smallest absolute Gasteiger partial charge is 0.256 e. The summed E-state index contributed by atoms with van der Waals surface area (Å²) in [6, 6.07) is 28.3. The Bertz CT molecular complexity index is 1290. The van der Waals surface area contributed by atoms with Crippen molar-refractivity contribution in [2.75, 3.05) is 27.2 Å². The predicted octanol–water partition coefficient (Wildman–Crippen LogP) is 6.62. The van der Waals surface area contributed by atoms with Crippen LogP contribution in [0.25, 0.3) is 16.9 Å². The number of carbonyl (C=O) groups is 1. The van der Waals surface area contributed by atoms with Crippen molar-refractivity contribution in [2.45, 2.75) is 20.4 Å². The average Bonchev–Trinajstić information content (AvgIpc) is 3.19.